The van der Waals surface area contributed by atoms with E-state index < -0.39 is 0 Å². The molecule has 0 bridgehead atoms. The summed E-state index contributed by atoms with van der Waals surface area (Å²) in [6.45, 7) is 8.43. The van der Waals surface area contributed by atoms with Crippen LogP contribution in [-0.4, -0.2) is 11.0 Å². The molecule has 14 heavy (non-hydrogen) atoms. The molecule has 0 aliphatic carbocycles. The van der Waals surface area contributed by atoms with Crippen molar-refractivity contribution in [3.8, 4) is 0 Å². The Hall–Kier alpha value is -0.760. The van der Waals surface area contributed by atoms with E-state index in [1.807, 2.05) is 25.1 Å². The van der Waals surface area contributed by atoms with Gasteiger partial charge in [-0.05, 0) is 19.1 Å². The van der Waals surface area contributed by atoms with Crippen molar-refractivity contribution in [2.24, 2.45) is 0 Å². The molecule has 0 radical (unpaired) electrons. The average Bonchev–Trinajstić information content (AvgIpc) is 2.06. The van der Waals surface area contributed by atoms with Crippen molar-refractivity contribution in [3.05, 3.63) is 29.3 Å². The van der Waals surface area contributed by atoms with Crippen molar-refractivity contribution in [2.45, 2.75) is 37.3 Å². The van der Waals surface area contributed by atoms with Crippen LogP contribution in [0.25, 0.3) is 0 Å². The molecule has 0 atom stereocenters. The fourth-order valence-electron chi connectivity index (χ4n) is 1.18. The molecule has 0 aromatic heterocycles. The highest BCUT2D eigenvalue weighted by Gasteiger charge is 2.14. The van der Waals surface area contributed by atoms with Crippen LogP contribution in [0.4, 0.5) is 0 Å². The van der Waals surface area contributed by atoms with Gasteiger partial charge < -0.3 is 0 Å². The van der Waals surface area contributed by atoms with Crippen molar-refractivity contribution in [3.63, 3.8) is 0 Å². The maximum Gasteiger partial charge on any atom is 0.151 e. The molecule has 1 aromatic rings. The highest BCUT2D eigenvalue weighted by atomic mass is 32.2. The first kappa shape index (κ1) is 11.3. The molecule has 76 valence electrons. The van der Waals surface area contributed by atoms with Gasteiger partial charge in [-0.3, -0.25) is 4.79 Å². The second-order valence-electron chi connectivity index (χ2n) is 4.37. The lowest BCUT2D eigenvalue weighted by atomic mass is 10.1. The standard InChI is InChI=1S/C12H16OS/c1-9-5-6-11(10(7-9)8-13)14-12(2,3)4/h5-8H,1-4H3. The van der Waals surface area contributed by atoms with Crippen molar-refractivity contribution in [1.29, 1.82) is 0 Å². The maximum atomic E-state index is 10.9. The molecule has 1 nitrogen and oxygen atoms in total. The number of hydrogen-bond acceptors (Lipinski definition) is 2. The summed E-state index contributed by atoms with van der Waals surface area (Å²) in [5.74, 6) is 0. The second kappa shape index (κ2) is 4.18. The molecule has 2 heteroatoms. The van der Waals surface area contributed by atoms with Gasteiger partial charge in [0, 0.05) is 15.2 Å². The number of thioether (sulfide) groups is 1. The normalized spacial score (nSPS) is 11.4. The minimum Gasteiger partial charge on any atom is -0.298 e. The van der Waals surface area contributed by atoms with E-state index in [2.05, 4.69) is 20.8 Å². The first-order valence-corrected chi connectivity index (χ1v) is 5.49. The van der Waals surface area contributed by atoms with Crippen LogP contribution >= 0.6 is 11.8 Å². The fourth-order valence-corrected chi connectivity index (χ4v) is 2.20. The molecule has 0 amide bonds. The van der Waals surface area contributed by atoms with E-state index in [-0.39, 0.29) is 4.75 Å². The lowest BCUT2D eigenvalue weighted by molar-refractivity contribution is 0.112. The number of carbonyl (C=O) groups is 1. The molecular formula is C12H16OS. The lowest BCUT2D eigenvalue weighted by Gasteiger charge is -2.18. The van der Waals surface area contributed by atoms with Crippen molar-refractivity contribution in [2.75, 3.05) is 0 Å². The van der Waals surface area contributed by atoms with Crippen LogP contribution in [-0.2, 0) is 0 Å². The van der Waals surface area contributed by atoms with Gasteiger partial charge in [-0.1, -0.05) is 32.4 Å². The molecule has 1 aromatic carbocycles. The van der Waals surface area contributed by atoms with Crippen LogP contribution in [0.15, 0.2) is 23.1 Å². The molecule has 0 saturated carbocycles. The molecule has 0 aliphatic rings. The van der Waals surface area contributed by atoms with Crippen molar-refractivity contribution in [1.82, 2.24) is 0 Å². The summed E-state index contributed by atoms with van der Waals surface area (Å²) in [6.07, 6.45) is 0.932. The number of carbonyl (C=O) groups excluding carboxylic acids is 1. The van der Waals surface area contributed by atoms with Gasteiger partial charge in [0.25, 0.3) is 0 Å². The van der Waals surface area contributed by atoms with Gasteiger partial charge in [-0.25, -0.2) is 0 Å². The van der Waals surface area contributed by atoms with Gasteiger partial charge in [-0.15, -0.1) is 11.8 Å². The molecule has 0 N–H and O–H groups in total. The highest BCUT2D eigenvalue weighted by Crippen LogP contribution is 2.33. The van der Waals surface area contributed by atoms with Gasteiger partial charge in [0.15, 0.2) is 6.29 Å². The zero-order chi connectivity index (χ0) is 10.8. The quantitative estimate of drug-likeness (QED) is 0.544. The topological polar surface area (TPSA) is 17.1 Å². The smallest absolute Gasteiger partial charge is 0.151 e. The lowest BCUT2D eigenvalue weighted by Crippen LogP contribution is -2.07. The van der Waals surface area contributed by atoms with Crippen LogP contribution in [0, 0.1) is 6.92 Å². The number of aldehydes is 1. The van der Waals surface area contributed by atoms with Gasteiger partial charge in [0.2, 0.25) is 0 Å². The van der Waals surface area contributed by atoms with E-state index in [1.165, 1.54) is 0 Å². The second-order valence-corrected chi connectivity index (χ2v) is 6.24. The third-order valence-corrected chi connectivity index (χ3v) is 2.91. The van der Waals surface area contributed by atoms with Gasteiger partial charge in [0.05, 0.1) is 0 Å². The summed E-state index contributed by atoms with van der Waals surface area (Å²) in [7, 11) is 0. The number of hydrogen-bond donors (Lipinski definition) is 0. The van der Waals surface area contributed by atoms with Crippen LogP contribution < -0.4 is 0 Å². The molecule has 0 spiro atoms. The summed E-state index contributed by atoms with van der Waals surface area (Å²) in [5.41, 5.74) is 1.93. The first-order valence-electron chi connectivity index (χ1n) is 4.67. The number of benzene rings is 1. The largest absolute Gasteiger partial charge is 0.298 e. The average molecular weight is 208 g/mol. The van der Waals surface area contributed by atoms with Crippen molar-refractivity contribution >= 4 is 18.0 Å². The SMILES string of the molecule is Cc1ccc(SC(C)(C)C)c(C=O)c1. The summed E-state index contributed by atoms with van der Waals surface area (Å²) in [5, 5.41) is 0. The molecule has 1 rings (SSSR count). The number of rotatable bonds is 2. The van der Waals surface area contributed by atoms with E-state index in [4.69, 9.17) is 0 Å². The summed E-state index contributed by atoms with van der Waals surface area (Å²) < 4.78 is 0.146. The summed E-state index contributed by atoms with van der Waals surface area (Å²) in [6, 6.07) is 6.00. The van der Waals surface area contributed by atoms with Crippen LogP contribution in [0.1, 0.15) is 36.7 Å². The zero-order valence-electron chi connectivity index (χ0n) is 9.13. The predicted octanol–water partition coefficient (Wildman–Crippen LogP) is 3.70. The van der Waals surface area contributed by atoms with Gasteiger partial charge >= 0.3 is 0 Å². The van der Waals surface area contributed by atoms with Crippen molar-refractivity contribution < 1.29 is 4.79 Å². The van der Waals surface area contributed by atoms with Gasteiger partial charge in [0.1, 0.15) is 0 Å². The summed E-state index contributed by atoms with van der Waals surface area (Å²) in [4.78, 5) is 11.9. The first-order chi connectivity index (χ1) is 6.42. The maximum absolute atomic E-state index is 10.9. The molecular weight excluding hydrogens is 192 g/mol. The minimum atomic E-state index is 0.146. The third kappa shape index (κ3) is 3.18. The molecule has 0 unspecified atom stereocenters. The van der Waals surface area contributed by atoms with Crippen LogP contribution in [0.5, 0.6) is 0 Å². The molecule has 0 aliphatic heterocycles. The Morgan fingerprint density at radius 2 is 1.93 bits per heavy atom. The Morgan fingerprint density at radius 1 is 1.29 bits per heavy atom. The van der Waals surface area contributed by atoms with Crippen LogP contribution in [0.3, 0.4) is 0 Å². The monoisotopic (exact) mass is 208 g/mol. The summed E-state index contributed by atoms with van der Waals surface area (Å²) >= 11 is 1.73. The minimum absolute atomic E-state index is 0.146. The highest BCUT2D eigenvalue weighted by molar-refractivity contribution is 8.00. The Morgan fingerprint density at radius 3 is 2.43 bits per heavy atom. The molecule has 0 fully saturated rings. The van der Waals surface area contributed by atoms with E-state index in [9.17, 15) is 4.79 Å². The predicted molar refractivity (Wildman–Crippen MR) is 62.2 cm³/mol. The van der Waals surface area contributed by atoms with Crippen LogP contribution in [0.2, 0.25) is 0 Å². The number of aryl methyl sites for hydroxylation is 1. The van der Waals surface area contributed by atoms with E-state index in [0.717, 1.165) is 22.3 Å². The third-order valence-electron chi connectivity index (χ3n) is 1.71. The Bertz CT molecular complexity index is 337. The van der Waals surface area contributed by atoms with E-state index in [0.29, 0.717) is 0 Å². The Labute approximate surface area is 89.9 Å². The Kier molecular flexibility index (Phi) is 3.38. The Balaban J connectivity index is 3.03. The van der Waals surface area contributed by atoms with E-state index >= 15 is 0 Å². The van der Waals surface area contributed by atoms with E-state index in [1.54, 1.807) is 11.8 Å². The molecule has 0 heterocycles. The fraction of sp³-hybridized carbons (Fsp3) is 0.417. The molecule has 0 saturated heterocycles. The van der Waals surface area contributed by atoms with Gasteiger partial charge in [-0.2, -0.15) is 0 Å². The zero-order valence-corrected chi connectivity index (χ0v) is 9.94.